The van der Waals surface area contributed by atoms with Crippen LogP contribution in [0.5, 0.6) is 0 Å². The quantitative estimate of drug-likeness (QED) is 0.267. The normalized spacial score (nSPS) is 11.1. The summed E-state index contributed by atoms with van der Waals surface area (Å²) in [5.41, 5.74) is 11.5. The fraction of sp³-hybridized carbons (Fsp3) is 0.312. The van der Waals surface area contributed by atoms with Crippen molar-refractivity contribution in [2.24, 2.45) is 16.5 Å². The Kier molecular flexibility index (Phi) is 7.77. The van der Waals surface area contributed by atoms with Crippen LogP contribution in [0.15, 0.2) is 29.3 Å². The van der Waals surface area contributed by atoms with Crippen molar-refractivity contribution in [1.29, 1.82) is 0 Å². The molecule has 9 heteroatoms. The summed E-state index contributed by atoms with van der Waals surface area (Å²) in [6.45, 7) is 1.40. The number of guanidine groups is 1. The Hall–Kier alpha value is -3.23. The van der Waals surface area contributed by atoms with Gasteiger partial charge >= 0.3 is 0 Å². The van der Waals surface area contributed by atoms with Crippen LogP contribution in [0.1, 0.15) is 25.3 Å². The molecule has 0 bridgehead atoms. The number of rotatable bonds is 9. The third-order valence-electron chi connectivity index (χ3n) is 3.26. The molecule has 0 aliphatic carbocycles. The summed E-state index contributed by atoms with van der Waals surface area (Å²) < 4.78 is 0. The van der Waals surface area contributed by atoms with E-state index in [1.165, 1.54) is 6.92 Å². The minimum Gasteiger partial charge on any atom is -0.370 e. The number of carbonyl (C=O) groups excluding carboxylic acids is 4. The third-order valence-corrected chi connectivity index (χ3v) is 3.26. The molecule has 134 valence electrons. The second-order valence-electron chi connectivity index (χ2n) is 5.33. The number of hydrogen-bond donors (Lipinski definition) is 4. The van der Waals surface area contributed by atoms with E-state index in [0.717, 1.165) is 5.56 Å². The summed E-state index contributed by atoms with van der Waals surface area (Å²) in [6.07, 6.45) is 0.700. The number of nitrogens with two attached hydrogens (primary N) is 2. The molecular formula is C16H21N5O4. The van der Waals surface area contributed by atoms with E-state index in [0.29, 0.717) is 18.5 Å². The smallest absolute Gasteiger partial charge is 0.249 e. The van der Waals surface area contributed by atoms with Crippen molar-refractivity contribution in [2.75, 3.05) is 5.32 Å². The van der Waals surface area contributed by atoms with E-state index in [9.17, 15) is 19.2 Å². The lowest BCUT2D eigenvalue weighted by molar-refractivity contribution is -0.122. The van der Waals surface area contributed by atoms with Gasteiger partial charge in [0.15, 0.2) is 11.7 Å². The topological polar surface area (TPSA) is 157 Å². The monoisotopic (exact) mass is 347 g/mol. The lowest BCUT2D eigenvalue weighted by atomic mass is 10.0. The van der Waals surface area contributed by atoms with E-state index in [4.69, 9.17) is 11.5 Å². The average Bonchev–Trinajstić information content (AvgIpc) is 2.53. The molecule has 1 aromatic rings. The zero-order chi connectivity index (χ0) is 18.8. The minimum atomic E-state index is -0.584. The maximum atomic E-state index is 11.8. The van der Waals surface area contributed by atoms with E-state index >= 15 is 0 Å². The van der Waals surface area contributed by atoms with Gasteiger partial charge in [-0.3, -0.25) is 19.2 Å². The molecule has 1 aromatic carbocycles. The highest BCUT2D eigenvalue weighted by Gasteiger charge is 2.13. The van der Waals surface area contributed by atoms with Gasteiger partial charge in [-0.25, -0.2) is 0 Å². The Labute approximate surface area is 144 Å². The molecule has 6 N–H and O–H groups in total. The average molecular weight is 347 g/mol. The summed E-state index contributed by atoms with van der Waals surface area (Å²) in [5.74, 6) is -1.40. The van der Waals surface area contributed by atoms with Crippen LogP contribution in [-0.2, 0) is 25.6 Å². The van der Waals surface area contributed by atoms with Crippen molar-refractivity contribution in [2.45, 2.75) is 32.2 Å². The zero-order valence-electron chi connectivity index (χ0n) is 13.8. The molecule has 0 aliphatic heterocycles. The van der Waals surface area contributed by atoms with Crippen LogP contribution in [0.3, 0.4) is 0 Å². The van der Waals surface area contributed by atoms with Gasteiger partial charge < -0.3 is 22.1 Å². The minimum absolute atomic E-state index is 0.0486. The van der Waals surface area contributed by atoms with Gasteiger partial charge in [0.25, 0.3) is 0 Å². The summed E-state index contributed by atoms with van der Waals surface area (Å²) in [5, 5.41) is 5.10. The number of nitrogens with one attached hydrogen (secondary N) is 2. The Morgan fingerprint density at radius 2 is 1.80 bits per heavy atom. The first-order valence-electron chi connectivity index (χ1n) is 7.53. The van der Waals surface area contributed by atoms with Crippen molar-refractivity contribution in [3.63, 3.8) is 0 Å². The van der Waals surface area contributed by atoms with Gasteiger partial charge in [0, 0.05) is 18.5 Å². The van der Waals surface area contributed by atoms with E-state index in [1.54, 1.807) is 24.3 Å². The summed E-state index contributed by atoms with van der Waals surface area (Å²) in [6, 6.07) is 6.23. The van der Waals surface area contributed by atoms with Crippen LogP contribution >= 0.6 is 0 Å². The third kappa shape index (κ3) is 7.73. The van der Waals surface area contributed by atoms with Crippen molar-refractivity contribution in [3.05, 3.63) is 29.8 Å². The second-order valence-corrected chi connectivity index (χ2v) is 5.33. The van der Waals surface area contributed by atoms with Gasteiger partial charge in [-0.15, -0.1) is 0 Å². The molecule has 0 saturated heterocycles. The first-order valence-corrected chi connectivity index (χ1v) is 7.53. The molecule has 3 amide bonds. The largest absolute Gasteiger partial charge is 0.370 e. The number of nitrogens with zero attached hydrogens (tertiary/aromatic N) is 1. The van der Waals surface area contributed by atoms with Crippen LogP contribution in [0.4, 0.5) is 5.69 Å². The fourth-order valence-corrected chi connectivity index (χ4v) is 2.01. The molecule has 1 rings (SSSR count). The van der Waals surface area contributed by atoms with Crippen LogP contribution in [0.2, 0.25) is 0 Å². The molecule has 0 aromatic heterocycles. The molecule has 0 heterocycles. The van der Waals surface area contributed by atoms with Gasteiger partial charge in [0.1, 0.15) is 0 Å². The molecule has 0 spiro atoms. The Balaban J connectivity index is 2.54. The second kappa shape index (κ2) is 9.81. The summed E-state index contributed by atoms with van der Waals surface area (Å²) in [7, 11) is 0. The van der Waals surface area contributed by atoms with Gasteiger partial charge in [0.05, 0.1) is 6.04 Å². The Morgan fingerprint density at radius 1 is 1.16 bits per heavy atom. The highest BCUT2D eigenvalue weighted by Crippen LogP contribution is 2.12. The number of Topliss-reactive ketones (excluding diaryl/α,β-unsaturated/α-hetero) is 1. The number of hydrogen-bond acceptors (Lipinski definition) is 4. The van der Waals surface area contributed by atoms with Crippen LogP contribution < -0.4 is 22.1 Å². The Bertz CT molecular complexity index is 666. The molecule has 1 atom stereocenters. The maximum absolute atomic E-state index is 11.8. The van der Waals surface area contributed by atoms with Crippen molar-refractivity contribution >= 4 is 35.7 Å². The van der Waals surface area contributed by atoms with Gasteiger partial charge in [-0.1, -0.05) is 12.1 Å². The molecule has 0 fully saturated rings. The molecule has 0 aliphatic rings. The summed E-state index contributed by atoms with van der Waals surface area (Å²) in [4.78, 5) is 48.3. The fourth-order valence-electron chi connectivity index (χ4n) is 2.01. The van der Waals surface area contributed by atoms with E-state index < -0.39 is 11.9 Å². The maximum Gasteiger partial charge on any atom is 0.249 e. The molecule has 25 heavy (non-hydrogen) atoms. The van der Waals surface area contributed by atoms with Crippen molar-refractivity contribution in [1.82, 2.24) is 5.32 Å². The standard InChI is InChI=1S/C16H21N5O4/c1-10(23)13(19-9-22)8-11-2-4-12(5-3-11)20-14(24)6-7-15(25)21-16(17)18/h2-5,9,13H,6-8H2,1H3,(H,19,22)(H,20,24)(H4,17,18,21,25). The van der Waals surface area contributed by atoms with Crippen LogP contribution in [0.25, 0.3) is 0 Å². The number of anilines is 1. The first kappa shape index (κ1) is 19.8. The Morgan fingerprint density at radius 3 is 2.32 bits per heavy atom. The molecular weight excluding hydrogens is 326 g/mol. The SMILES string of the molecule is CC(=O)C(Cc1ccc(NC(=O)CCC(=O)N=C(N)N)cc1)NC=O. The number of amides is 3. The zero-order valence-corrected chi connectivity index (χ0v) is 13.8. The summed E-state index contributed by atoms with van der Waals surface area (Å²) >= 11 is 0. The van der Waals surface area contributed by atoms with Crippen LogP contribution in [0, 0.1) is 0 Å². The van der Waals surface area contributed by atoms with E-state index in [1.807, 2.05) is 0 Å². The van der Waals surface area contributed by atoms with Gasteiger partial charge in [-0.05, 0) is 31.0 Å². The van der Waals surface area contributed by atoms with Gasteiger partial charge in [-0.2, -0.15) is 4.99 Å². The lowest BCUT2D eigenvalue weighted by Crippen LogP contribution is -2.36. The van der Waals surface area contributed by atoms with Gasteiger partial charge in [0.2, 0.25) is 18.2 Å². The van der Waals surface area contributed by atoms with E-state index in [-0.39, 0.29) is 30.5 Å². The number of ketones is 1. The number of aliphatic imine (C=N–C) groups is 1. The predicted octanol–water partition coefficient (Wildman–Crippen LogP) is -0.549. The number of carbonyl (C=O) groups is 4. The highest BCUT2D eigenvalue weighted by molar-refractivity contribution is 5.96. The van der Waals surface area contributed by atoms with Crippen molar-refractivity contribution < 1.29 is 19.2 Å². The lowest BCUT2D eigenvalue weighted by Gasteiger charge is -2.13. The molecule has 9 nitrogen and oxygen atoms in total. The van der Waals surface area contributed by atoms with E-state index in [2.05, 4.69) is 15.6 Å². The highest BCUT2D eigenvalue weighted by atomic mass is 16.2. The molecule has 0 radical (unpaired) electrons. The van der Waals surface area contributed by atoms with Crippen LogP contribution in [-0.4, -0.2) is 36.0 Å². The molecule has 0 saturated carbocycles. The molecule has 1 unspecified atom stereocenters. The predicted molar refractivity (Wildman–Crippen MR) is 92.5 cm³/mol. The van der Waals surface area contributed by atoms with Crippen molar-refractivity contribution in [3.8, 4) is 0 Å². The first-order chi connectivity index (χ1) is 11.8. The number of benzene rings is 1.